The summed E-state index contributed by atoms with van der Waals surface area (Å²) < 4.78 is 9.45. The molecule has 1 rings (SSSR count). The number of aromatic nitrogens is 1. The Hall–Kier alpha value is -1.78. The lowest BCUT2D eigenvalue weighted by molar-refractivity contribution is 0.0596. The van der Waals surface area contributed by atoms with Gasteiger partial charge in [0.1, 0.15) is 5.56 Å². The number of hydrogen-bond donors (Lipinski definition) is 1. The van der Waals surface area contributed by atoms with Crippen molar-refractivity contribution in [3.63, 3.8) is 0 Å². The highest BCUT2D eigenvalue weighted by Crippen LogP contribution is 2.24. The summed E-state index contributed by atoms with van der Waals surface area (Å²) in [5.41, 5.74) is 6.07. The molecule has 1 aromatic rings. The van der Waals surface area contributed by atoms with E-state index in [4.69, 9.17) is 10.5 Å². The zero-order valence-corrected chi connectivity index (χ0v) is 7.40. The lowest BCUT2D eigenvalue weighted by atomic mass is 10.2. The summed E-state index contributed by atoms with van der Waals surface area (Å²) in [7, 11) is 2.71. The molecule has 0 aliphatic carbocycles. The number of carbonyl (C=O) groups excluding carboxylic acids is 1. The highest BCUT2D eigenvalue weighted by atomic mass is 16.5. The van der Waals surface area contributed by atoms with Crippen molar-refractivity contribution in [2.45, 2.75) is 0 Å². The first kappa shape index (κ1) is 9.31. The normalized spacial score (nSPS) is 9.38. The maximum atomic E-state index is 11.1. The number of methoxy groups -OCH3 is 2. The molecule has 0 aromatic carbocycles. The largest absolute Gasteiger partial charge is 0.494 e. The molecule has 0 aliphatic rings. The van der Waals surface area contributed by atoms with Gasteiger partial charge in [0.15, 0.2) is 5.75 Å². The van der Waals surface area contributed by atoms with Gasteiger partial charge in [-0.1, -0.05) is 0 Å². The van der Waals surface area contributed by atoms with Crippen molar-refractivity contribution < 1.29 is 14.3 Å². The fourth-order valence-corrected chi connectivity index (χ4v) is 0.948. The van der Waals surface area contributed by atoms with E-state index in [1.807, 2.05) is 0 Å². The average molecular weight is 182 g/mol. The van der Waals surface area contributed by atoms with Crippen LogP contribution in [-0.4, -0.2) is 25.2 Å². The molecule has 0 radical (unpaired) electrons. The number of pyridine rings is 1. The molecule has 0 saturated carbocycles. The maximum absolute atomic E-state index is 11.1. The van der Waals surface area contributed by atoms with Crippen LogP contribution in [0.5, 0.6) is 5.75 Å². The van der Waals surface area contributed by atoms with Gasteiger partial charge in [-0.3, -0.25) is 4.98 Å². The SMILES string of the molecule is COC(=O)c1cncc(N)c1OC. The summed E-state index contributed by atoms with van der Waals surface area (Å²) in [6.45, 7) is 0. The minimum absolute atomic E-state index is 0.227. The highest BCUT2D eigenvalue weighted by molar-refractivity contribution is 5.93. The molecule has 0 unspecified atom stereocenters. The van der Waals surface area contributed by atoms with Gasteiger partial charge in [-0.25, -0.2) is 4.79 Å². The number of ether oxygens (including phenoxy) is 2. The first-order valence-electron chi connectivity index (χ1n) is 3.56. The lowest BCUT2D eigenvalue weighted by Crippen LogP contribution is -2.06. The van der Waals surface area contributed by atoms with Crippen LogP contribution in [0.25, 0.3) is 0 Å². The zero-order valence-electron chi connectivity index (χ0n) is 7.40. The van der Waals surface area contributed by atoms with E-state index in [0.717, 1.165) is 0 Å². The van der Waals surface area contributed by atoms with Crippen LogP contribution in [0, 0.1) is 0 Å². The van der Waals surface area contributed by atoms with Gasteiger partial charge in [0.25, 0.3) is 0 Å². The number of rotatable bonds is 2. The molecule has 13 heavy (non-hydrogen) atoms. The van der Waals surface area contributed by atoms with Crippen molar-refractivity contribution in [3.05, 3.63) is 18.0 Å². The number of anilines is 1. The van der Waals surface area contributed by atoms with Crippen LogP contribution >= 0.6 is 0 Å². The third-order valence-corrected chi connectivity index (χ3v) is 1.53. The van der Waals surface area contributed by atoms with E-state index in [2.05, 4.69) is 9.72 Å². The molecule has 5 heteroatoms. The van der Waals surface area contributed by atoms with E-state index in [9.17, 15) is 4.79 Å². The standard InChI is InChI=1S/C8H10N2O3/c1-12-7-5(8(11)13-2)3-10-4-6(7)9/h3-4H,9H2,1-2H3. The number of nitrogens with two attached hydrogens (primary N) is 1. The summed E-state index contributed by atoms with van der Waals surface area (Å²) in [5, 5.41) is 0. The average Bonchev–Trinajstić information content (AvgIpc) is 2.16. The predicted molar refractivity (Wildman–Crippen MR) is 46.5 cm³/mol. The number of carbonyl (C=O) groups is 1. The minimum atomic E-state index is -0.517. The smallest absolute Gasteiger partial charge is 0.343 e. The summed E-state index contributed by atoms with van der Waals surface area (Å²) >= 11 is 0. The summed E-state index contributed by atoms with van der Waals surface area (Å²) in [4.78, 5) is 14.9. The van der Waals surface area contributed by atoms with Gasteiger partial charge in [0, 0.05) is 6.20 Å². The quantitative estimate of drug-likeness (QED) is 0.672. The van der Waals surface area contributed by atoms with Crippen LogP contribution in [0.3, 0.4) is 0 Å². The van der Waals surface area contributed by atoms with E-state index < -0.39 is 5.97 Å². The topological polar surface area (TPSA) is 74.4 Å². The summed E-state index contributed by atoms with van der Waals surface area (Å²) in [5.74, 6) is -0.224. The van der Waals surface area contributed by atoms with Crippen molar-refractivity contribution in [2.75, 3.05) is 20.0 Å². The van der Waals surface area contributed by atoms with Crippen LogP contribution in [0.1, 0.15) is 10.4 Å². The molecule has 70 valence electrons. The molecule has 0 bridgehead atoms. The Labute approximate surface area is 75.5 Å². The first-order chi connectivity index (χ1) is 6.20. The lowest BCUT2D eigenvalue weighted by Gasteiger charge is -2.07. The summed E-state index contributed by atoms with van der Waals surface area (Å²) in [6.07, 6.45) is 2.76. The molecule has 5 nitrogen and oxygen atoms in total. The van der Waals surface area contributed by atoms with Crippen LogP contribution in [-0.2, 0) is 4.74 Å². The van der Waals surface area contributed by atoms with Gasteiger partial charge in [-0.15, -0.1) is 0 Å². The predicted octanol–water partition coefficient (Wildman–Crippen LogP) is 0.459. The molecule has 0 fully saturated rings. The Morgan fingerprint density at radius 2 is 2.15 bits per heavy atom. The van der Waals surface area contributed by atoms with Crippen molar-refractivity contribution >= 4 is 11.7 Å². The Bertz CT molecular complexity index is 325. The summed E-state index contributed by atoms with van der Waals surface area (Å²) in [6, 6.07) is 0. The fraction of sp³-hybridized carbons (Fsp3) is 0.250. The second kappa shape index (κ2) is 3.75. The minimum Gasteiger partial charge on any atom is -0.494 e. The van der Waals surface area contributed by atoms with Crippen molar-refractivity contribution in [1.29, 1.82) is 0 Å². The van der Waals surface area contributed by atoms with E-state index in [-0.39, 0.29) is 5.56 Å². The van der Waals surface area contributed by atoms with Crippen LogP contribution in [0.4, 0.5) is 5.69 Å². The molecule has 0 amide bonds. The Balaban J connectivity index is 3.20. The number of hydrogen-bond acceptors (Lipinski definition) is 5. The Morgan fingerprint density at radius 1 is 1.46 bits per heavy atom. The highest BCUT2D eigenvalue weighted by Gasteiger charge is 2.14. The van der Waals surface area contributed by atoms with Crippen molar-refractivity contribution in [2.24, 2.45) is 0 Å². The molecular formula is C8H10N2O3. The van der Waals surface area contributed by atoms with Crippen LogP contribution in [0.2, 0.25) is 0 Å². The van der Waals surface area contributed by atoms with E-state index in [0.29, 0.717) is 11.4 Å². The third kappa shape index (κ3) is 1.69. The molecule has 2 N–H and O–H groups in total. The van der Waals surface area contributed by atoms with Gasteiger partial charge in [0.05, 0.1) is 26.1 Å². The first-order valence-corrected chi connectivity index (χ1v) is 3.56. The molecule has 0 aliphatic heterocycles. The van der Waals surface area contributed by atoms with Crippen LogP contribution in [0.15, 0.2) is 12.4 Å². The molecule has 0 spiro atoms. The van der Waals surface area contributed by atoms with Gasteiger partial charge >= 0.3 is 5.97 Å². The second-order valence-electron chi connectivity index (χ2n) is 2.30. The zero-order chi connectivity index (χ0) is 9.84. The second-order valence-corrected chi connectivity index (χ2v) is 2.30. The molecule has 1 heterocycles. The number of esters is 1. The van der Waals surface area contributed by atoms with Gasteiger partial charge in [0.2, 0.25) is 0 Å². The van der Waals surface area contributed by atoms with Crippen molar-refractivity contribution in [1.82, 2.24) is 4.98 Å². The molecular weight excluding hydrogens is 172 g/mol. The van der Waals surface area contributed by atoms with Crippen LogP contribution < -0.4 is 10.5 Å². The molecule has 0 saturated heterocycles. The third-order valence-electron chi connectivity index (χ3n) is 1.53. The maximum Gasteiger partial charge on any atom is 0.343 e. The van der Waals surface area contributed by atoms with E-state index in [1.54, 1.807) is 0 Å². The monoisotopic (exact) mass is 182 g/mol. The molecule has 0 atom stereocenters. The van der Waals surface area contributed by atoms with E-state index >= 15 is 0 Å². The number of nitrogen functional groups attached to an aromatic ring is 1. The Kier molecular flexibility index (Phi) is 2.69. The number of nitrogens with zero attached hydrogens (tertiary/aromatic N) is 1. The van der Waals surface area contributed by atoms with E-state index in [1.165, 1.54) is 26.6 Å². The van der Waals surface area contributed by atoms with Gasteiger partial charge in [-0.2, -0.15) is 0 Å². The molecule has 1 aromatic heterocycles. The Morgan fingerprint density at radius 3 is 2.69 bits per heavy atom. The van der Waals surface area contributed by atoms with Gasteiger partial charge in [-0.05, 0) is 0 Å². The fourth-order valence-electron chi connectivity index (χ4n) is 0.948. The van der Waals surface area contributed by atoms with Gasteiger partial charge < -0.3 is 15.2 Å². The van der Waals surface area contributed by atoms with Crippen molar-refractivity contribution in [3.8, 4) is 5.75 Å².